The van der Waals surface area contributed by atoms with Crippen LogP contribution in [-0.4, -0.2) is 4.98 Å². The Morgan fingerprint density at radius 1 is 1.31 bits per heavy atom. The van der Waals surface area contributed by atoms with Gasteiger partial charge in [0.1, 0.15) is 5.01 Å². The monoisotopic (exact) mass is 238 g/mol. The van der Waals surface area contributed by atoms with Gasteiger partial charge in [0.05, 0.1) is 11.7 Å². The first-order valence-corrected chi connectivity index (χ1v) is 7.27. The predicted molar refractivity (Wildman–Crippen MR) is 69.7 cm³/mol. The molecule has 16 heavy (non-hydrogen) atoms. The van der Waals surface area contributed by atoms with E-state index in [2.05, 4.69) is 19.2 Å². The first-order valence-electron chi connectivity index (χ1n) is 6.39. The maximum atomic E-state index is 6.13. The van der Waals surface area contributed by atoms with Gasteiger partial charge in [-0.25, -0.2) is 4.98 Å². The summed E-state index contributed by atoms with van der Waals surface area (Å²) in [5, 5.41) is 3.35. The van der Waals surface area contributed by atoms with Gasteiger partial charge in [-0.2, -0.15) is 0 Å². The van der Waals surface area contributed by atoms with Crippen LogP contribution in [0.25, 0.3) is 0 Å². The number of nitrogens with two attached hydrogens (primary N) is 1. The average Bonchev–Trinajstić information content (AvgIpc) is 2.78. The molecule has 1 aromatic rings. The van der Waals surface area contributed by atoms with E-state index in [0.29, 0.717) is 11.8 Å². The van der Waals surface area contributed by atoms with Crippen LogP contribution in [0.3, 0.4) is 0 Å². The fraction of sp³-hybridized carbons (Fsp3) is 0.769. The van der Waals surface area contributed by atoms with Crippen molar-refractivity contribution in [3.63, 3.8) is 0 Å². The van der Waals surface area contributed by atoms with E-state index in [1.807, 2.05) is 0 Å². The molecule has 1 unspecified atom stereocenters. The first-order chi connectivity index (χ1) is 7.68. The van der Waals surface area contributed by atoms with E-state index >= 15 is 0 Å². The third-order valence-corrected chi connectivity index (χ3v) is 4.53. The van der Waals surface area contributed by atoms with Gasteiger partial charge in [0.15, 0.2) is 0 Å². The van der Waals surface area contributed by atoms with Crippen LogP contribution in [0.15, 0.2) is 5.38 Å². The van der Waals surface area contributed by atoms with Crippen molar-refractivity contribution in [3.05, 3.63) is 16.1 Å². The minimum atomic E-state index is 0.113. The summed E-state index contributed by atoms with van der Waals surface area (Å²) in [7, 11) is 0. The SMILES string of the molecule is CC(C)C(N)c1nc(C2CCCCC2)cs1. The standard InChI is InChI=1S/C13H22N2S/c1-9(2)12(14)13-15-11(8-16-13)10-6-4-3-5-7-10/h8-10,12H,3-7,14H2,1-2H3. The molecule has 1 fully saturated rings. The highest BCUT2D eigenvalue weighted by Gasteiger charge is 2.20. The van der Waals surface area contributed by atoms with Crippen LogP contribution in [-0.2, 0) is 0 Å². The van der Waals surface area contributed by atoms with Gasteiger partial charge in [-0.3, -0.25) is 0 Å². The zero-order valence-electron chi connectivity index (χ0n) is 10.3. The summed E-state index contributed by atoms with van der Waals surface area (Å²) in [5.74, 6) is 1.18. The second kappa shape index (κ2) is 5.28. The van der Waals surface area contributed by atoms with Gasteiger partial charge in [0.25, 0.3) is 0 Å². The molecule has 0 radical (unpaired) electrons. The third kappa shape index (κ3) is 2.64. The van der Waals surface area contributed by atoms with Gasteiger partial charge < -0.3 is 5.73 Å². The number of rotatable bonds is 3. The highest BCUT2D eigenvalue weighted by molar-refractivity contribution is 7.09. The molecular weight excluding hydrogens is 216 g/mol. The van der Waals surface area contributed by atoms with Crippen LogP contribution in [0.1, 0.15) is 68.6 Å². The quantitative estimate of drug-likeness (QED) is 0.868. The van der Waals surface area contributed by atoms with Crippen molar-refractivity contribution in [1.82, 2.24) is 4.98 Å². The smallest absolute Gasteiger partial charge is 0.110 e. The summed E-state index contributed by atoms with van der Waals surface area (Å²) in [6.45, 7) is 4.32. The summed E-state index contributed by atoms with van der Waals surface area (Å²) in [5.41, 5.74) is 7.43. The van der Waals surface area contributed by atoms with Gasteiger partial charge in [-0.1, -0.05) is 33.1 Å². The molecule has 1 heterocycles. The molecule has 1 atom stereocenters. The molecule has 1 saturated carbocycles. The summed E-state index contributed by atoms with van der Waals surface area (Å²) in [6.07, 6.45) is 6.78. The highest BCUT2D eigenvalue weighted by Crippen LogP contribution is 2.34. The molecule has 90 valence electrons. The van der Waals surface area contributed by atoms with Crippen molar-refractivity contribution >= 4 is 11.3 Å². The topological polar surface area (TPSA) is 38.9 Å². The first kappa shape index (κ1) is 12.1. The molecule has 2 rings (SSSR count). The highest BCUT2D eigenvalue weighted by atomic mass is 32.1. The van der Waals surface area contributed by atoms with E-state index in [1.165, 1.54) is 37.8 Å². The molecule has 1 aliphatic carbocycles. The minimum absolute atomic E-state index is 0.113. The number of nitrogens with zero attached hydrogens (tertiary/aromatic N) is 1. The van der Waals surface area contributed by atoms with Gasteiger partial charge in [-0.15, -0.1) is 11.3 Å². The molecule has 3 heteroatoms. The van der Waals surface area contributed by atoms with Gasteiger partial charge in [0.2, 0.25) is 0 Å². The second-order valence-electron chi connectivity index (χ2n) is 5.22. The molecule has 1 aromatic heterocycles. The Hall–Kier alpha value is -0.410. The maximum absolute atomic E-state index is 6.13. The van der Waals surface area contributed by atoms with E-state index in [-0.39, 0.29) is 6.04 Å². The maximum Gasteiger partial charge on any atom is 0.110 e. The zero-order valence-corrected chi connectivity index (χ0v) is 11.1. The summed E-state index contributed by atoms with van der Waals surface area (Å²) in [4.78, 5) is 4.75. The second-order valence-corrected chi connectivity index (χ2v) is 6.11. The Morgan fingerprint density at radius 2 is 2.00 bits per heavy atom. The van der Waals surface area contributed by atoms with Crippen LogP contribution < -0.4 is 5.73 Å². The molecule has 0 spiro atoms. The fourth-order valence-electron chi connectivity index (χ4n) is 2.32. The Balaban J connectivity index is 2.06. The third-order valence-electron chi connectivity index (χ3n) is 3.57. The Labute approximate surface area is 102 Å². The molecular formula is C13H22N2S. The zero-order chi connectivity index (χ0) is 11.5. The summed E-state index contributed by atoms with van der Waals surface area (Å²) < 4.78 is 0. The molecule has 2 N–H and O–H groups in total. The molecule has 0 saturated heterocycles. The van der Waals surface area contributed by atoms with Crippen LogP contribution >= 0.6 is 11.3 Å². The predicted octanol–water partition coefficient (Wildman–Crippen LogP) is 3.85. The number of thiazole rings is 1. The van der Waals surface area contributed by atoms with E-state index in [1.54, 1.807) is 11.3 Å². The lowest BCUT2D eigenvalue weighted by Gasteiger charge is -2.19. The molecule has 2 nitrogen and oxygen atoms in total. The van der Waals surface area contributed by atoms with Crippen LogP contribution in [0, 0.1) is 5.92 Å². The lowest BCUT2D eigenvalue weighted by molar-refractivity contribution is 0.435. The van der Waals surface area contributed by atoms with Crippen molar-refractivity contribution in [2.75, 3.05) is 0 Å². The summed E-state index contributed by atoms with van der Waals surface area (Å²) in [6, 6.07) is 0.113. The lowest BCUT2D eigenvalue weighted by atomic mass is 9.87. The van der Waals surface area contributed by atoms with Crippen molar-refractivity contribution in [3.8, 4) is 0 Å². The largest absolute Gasteiger partial charge is 0.322 e. The normalized spacial score (nSPS) is 20.2. The number of hydrogen-bond acceptors (Lipinski definition) is 3. The number of hydrogen-bond donors (Lipinski definition) is 1. The van der Waals surface area contributed by atoms with Gasteiger partial charge in [0, 0.05) is 11.3 Å². The van der Waals surface area contributed by atoms with E-state index in [4.69, 9.17) is 10.7 Å². The average molecular weight is 238 g/mol. The molecule has 0 amide bonds. The van der Waals surface area contributed by atoms with Crippen LogP contribution in [0.5, 0.6) is 0 Å². The van der Waals surface area contributed by atoms with E-state index < -0.39 is 0 Å². The van der Waals surface area contributed by atoms with Crippen molar-refractivity contribution < 1.29 is 0 Å². The van der Waals surface area contributed by atoms with Gasteiger partial charge in [-0.05, 0) is 18.8 Å². The van der Waals surface area contributed by atoms with Gasteiger partial charge >= 0.3 is 0 Å². The Bertz CT molecular complexity index is 326. The van der Waals surface area contributed by atoms with Crippen molar-refractivity contribution in [2.45, 2.75) is 57.9 Å². The van der Waals surface area contributed by atoms with E-state index in [0.717, 1.165) is 5.01 Å². The lowest BCUT2D eigenvalue weighted by Crippen LogP contribution is -2.16. The molecule has 0 bridgehead atoms. The van der Waals surface area contributed by atoms with Crippen molar-refractivity contribution in [1.29, 1.82) is 0 Å². The number of aromatic nitrogens is 1. The minimum Gasteiger partial charge on any atom is -0.322 e. The molecule has 0 aromatic carbocycles. The molecule has 0 aliphatic heterocycles. The summed E-state index contributed by atoms with van der Waals surface area (Å²) >= 11 is 1.74. The van der Waals surface area contributed by atoms with Crippen LogP contribution in [0.4, 0.5) is 0 Å². The Morgan fingerprint density at radius 3 is 2.62 bits per heavy atom. The Kier molecular flexibility index (Phi) is 3.98. The molecule has 1 aliphatic rings. The van der Waals surface area contributed by atoms with Crippen LogP contribution in [0.2, 0.25) is 0 Å². The fourth-order valence-corrected chi connectivity index (χ4v) is 3.40. The van der Waals surface area contributed by atoms with E-state index in [9.17, 15) is 0 Å². The van der Waals surface area contributed by atoms with Crippen molar-refractivity contribution in [2.24, 2.45) is 11.7 Å².